The van der Waals surface area contributed by atoms with E-state index in [-0.39, 0.29) is 0 Å². The molecule has 1 aromatic carbocycles. The van der Waals surface area contributed by atoms with Gasteiger partial charge in [0, 0.05) is 18.8 Å². The van der Waals surface area contributed by atoms with Crippen LogP contribution >= 0.6 is 0 Å². The van der Waals surface area contributed by atoms with Crippen molar-refractivity contribution in [2.45, 2.75) is 13.0 Å². The molecular formula is C17H20N2O3. The third-order valence-electron chi connectivity index (χ3n) is 3.32. The summed E-state index contributed by atoms with van der Waals surface area (Å²) < 4.78 is 16.6. The third-order valence-corrected chi connectivity index (χ3v) is 3.32. The summed E-state index contributed by atoms with van der Waals surface area (Å²) in [5.41, 5.74) is 1.19. The van der Waals surface area contributed by atoms with Gasteiger partial charge in [-0.3, -0.25) is 0 Å². The van der Waals surface area contributed by atoms with Gasteiger partial charge in [-0.25, -0.2) is 4.98 Å². The van der Waals surface area contributed by atoms with Gasteiger partial charge in [0.15, 0.2) is 11.5 Å². The van der Waals surface area contributed by atoms with Crippen LogP contribution in [0.25, 0.3) is 0 Å². The summed E-state index contributed by atoms with van der Waals surface area (Å²) in [7, 11) is 0. The van der Waals surface area contributed by atoms with Gasteiger partial charge in [-0.1, -0.05) is 12.1 Å². The van der Waals surface area contributed by atoms with Crippen LogP contribution in [0.15, 0.2) is 42.6 Å². The van der Waals surface area contributed by atoms with Crippen LogP contribution in [0, 0.1) is 0 Å². The van der Waals surface area contributed by atoms with Crippen molar-refractivity contribution in [3.05, 3.63) is 48.2 Å². The highest BCUT2D eigenvalue weighted by Crippen LogP contribution is 2.30. The first-order valence-electron chi connectivity index (χ1n) is 7.55. The van der Waals surface area contributed by atoms with E-state index in [4.69, 9.17) is 14.2 Å². The van der Waals surface area contributed by atoms with E-state index in [1.807, 2.05) is 30.3 Å². The lowest BCUT2D eigenvalue weighted by molar-refractivity contribution is 0.171. The molecule has 0 atom stereocenters. The average Bonchev–Trinajstić information content (AvgIpc) is 2.59. The van der Waals surface area contributed by atoms with Gasteiger partial charge in [0.1, 0.15) is 13.2 Å². The van der Waals surface area contributed by atoms with Crippen molar-refractivity contribution in [3.8, 4) is 17.4 Å². The molecule has 0 bridgehead atoms. The Labute approximate surface area is 130 Å². The Morgan fingerprint density at radius 3 is 2.86 bits per heavy atom. The minimum atomic E-state index is 0.620. The van der Waals surface area contributed by atoms with Crippen LogP contribution in [0.3, 0.4) is 0 Å². The van der Waals surface area contributed by atoms with Crippen LogP contribution in [-0.4, -0.2) is 31.3 Å². The molecule has 116 valence electrons. The number of rotatable bonds is 7. The fraction of sp³-hybridized carbons (Fsp3) is 0.353. The molecule has 1 aliphatic rings. The molecule has 0 spiro atoms. The molecule has 2 aromatic rings. The van der Waals surface area contributed by atoms with Crippen LogP contribution in [0.5, 0.6) is 17.4 Å². The standard InChI is InChI=1S/C17H20N2O3/c1-2-8-19-17(4-1)22-9-3-7-18-13-14-5-6-15-16(12-14)21-11-10-20-15/h1-2,4-6,8,12,18H,3,7,9-11,13H2. The molecule has 22 heavy (non-hydrogen) atoms. The second kappa shape index (κ2) is 7.66. The van der Waals surface area contributed by atoms with Crippen molar-refractivity contribution in [1.82, 2.24) is 10.3 Å². The first-order chi connectivity index (χ1) is 10.9. The number of benzene rings is 1. The predicted octanol–water partition coefficient (Wildman–Crippen LogP) is 2.41. The molecule has 1 aromatic heterocycles. The molecule has 0 amide bonds. The highest BCUT2D eigenvalue weighted by Gasteiger charge is 2.11. The number of fused-ring (bicyclic) bond motifs is 1. The van der Waals surface area contributed by atoms with E-state index >= 15 is 0 Å². The normalized spacial score (nSPS) is 12.9. The second-order valence-electron chi connectivity index (χ2n) is 5.02. The van der Waals surface area contributed by atoms with Crippen molar-refractivity contribution in [3.63, 3.8) is 0 Å². The highest BCUT2D eigenvalue weighted by atomic mass is 16.6. The molecule has 0 saturated carbocycles. The van der Waals surface area contributed by atoms with Gasteiger partial charge < -0.3 is 19.5 Å². The van der Waals surface area contributed by atoms with Gasteiger partial charge in [-0.2, -0.15) is 0 Å². The molecule has 1 aliphatic heterocycles. The van der Waals surface area contributed by atoms with Crippen LogP contribution in [0.2, 0.25) is 0 Å². The Morgan fingerprint density at radius 1 is 1.09 bits per heavy atom. The maximum atomic E-state index is 5.58. The Kier molecular flexibility index (Phi) is 5.10. The molecule has 1 N–H and O–H groups in total. The lowest BCUT2D eigenvalue weighted by Gasteiger charge is -2.19. The summed E-state index contributed by atoms with van der Waals surface area (Å²) >= 11 is 0. The van der Waals surface area contributed by atoms with E-state index < -0.39 is 0 Å². The van der Waals surface area contributed by atoms with E-state index in [0.29, 0.717) is 25.7 Å². The summed E-state index contributed by atoms with van der Waals surface area (Å²) in [5, 5.41) is 3.40. The molecule has 0 fully saturated rings. The quantitative estimate of drug-likeness (QED) is 0.796. The summed E-state index contributed by atoms with van der Waals surface area (Å²) in [6.07, 6.45) is 2.66. The number of nitrogens with one attached hydrogen (secondary N) is 1. The molecule has 0 unspecified atom stereocenters. The maximum absolute atomic E-state index is 5.58. The zero-order chi connectivity index (χ0) is 15.0. The number of nitrogens with zero attached hydrogens (tertiary/aromatic N) is 1. The number of aromatic nitrogens is 1. The molecule has 0 radical (unpaired) electrons. The van der Waals surface area contributed by atoms with Crippen molar-refractivity contribution in [2.24, 2.45) is 0 Å². The van der Waals surface area contributed by atoms with E-state index in [1.54, 1.807) is 6.20 Å². The van der Waals surface area contributed by atoms with Gasteiger partial charge in [0.25, 0.3) is 0 Å². The van der Waals surface area contributed by atoms with Crippen molar-refractivity contribution in [1.29, 1.82) is 0 Å². The largest absolute Gasteiger partial charge is 0.486 e. The lowest BCUT2D eigenvalue weighted by Crippen LogP contribution is -2.18. The first kappa shape index (κ1) is 14.7. The summed E-state index contributed by atoms with van der Waals surface area (Å²) in [4.78, 5) is 4.12. The van der Waals surface area contributed by atoms with Crippen LogP contribution in [0.1, 0.15) is 12.0 Å². The highest BCUT2D eigenvalue weighted by molar-refractivity contribution is 5.43. The monoisotopic (exact) mass is 300 g/mol. The zero-order valence-electron chi connectivity index (χ0n) is 12.5. The number of ether oxygens (including phenoxy) is 3. The fourth-order valence-corrected chi connectivity index (χ4v) is 2.24. The minimum Gasteiger partial charge on any atom is -0.486 e. The van der Waals surface area contributed by atoms with Crippen LogP contribution in [0.4, 0.5) is 0 Å². The summed E-state index contributed by atoms with van der Waals surface area (Å²) in [6.45, 7) is 3.60. The molecular weight excluding hydrogens is 280 g/mol. The third kappa shape index (κ3) is 4.11. The van der Waals surface area contributed by atoms with E-state index in [9.17, 15) is 0 Å². The number of hydrogen-bond donors (Lipinski definition) is 1. The first-order valence-corrected chi connectivity index (χ1v) is 7.55. The second-order valence-corrected chi connectivity index (χ2v) is 5.02. The number of hydrogen-bond acceptors (Lipinski definition) is 5. The molecule has 0 aliphatic carbocycles. The van der Waals surface area contributed by atoms with Gasteiger partial charge >= 0.3 is 0 Å². The van der Waals surface area contributed by atoms with Gasteiger partial charge in [-0.15, -0.1) is 0 Å². The topological polar surface area (TPSA) is 52.6 Å². The SMILES string of the molecule is c1ccc(OCCCNCc2ccc3c(c2)OCCO3)nc1. The van der Waals surface area contributed by atoms with Gasteiger partial charge in [0.2, 0.25) is 5.88 Å². The summed E-state index contributed by atoms with van der Waals surface area (Å²) in [5.74, 6) is 2.34. The fourth-order valence-electron chi connectivity index (χ4n) is 2.24. The Bertz CT molecular complexity index is 590. The Balaban J connectivity index is 1.35. The zero-order valence-corrected chi connectivity index (χ0v) is 12.5. The molecule has 5 heteroatoms. The van der Waals surface area contributed by atoms with Crippen LogP contribution in [-0.2, 0) is 6.54 Å². The maximum Gasteiger partial charge on any atom is 0.213 e. The smallest absolute Gasteiger partial charge is 0.213 e. The molecule has 0 saturated heterocycles. The minimum absolute atomic E-state index is 0.620. The van der Waals surface area contributed by atoms with Gasteiger partial charge in [0.05, 0.1) is 6.61 Å². The molecule has 2 heterocycles. The molecule has 3 rings (SSSR count). The van der Waals surface area contributed by atoms with E-state index in [1.165, 1.54) is 5.56 Å². The van der Waals surface area contributed by atoms with Crippen LogP contribution < -0.4 is 19.5 Å². The summed E-state index contributed by atoms with van der Waals surface area (Å²) in [6, 6.07) is 11.7. The Morgan fingerprint density at radius 2 is 2.00 bits per heavy atom. The van der Waals surface area contributed by atoms with Crippen molar-refractivity contribution < 1.29 is 14.2 Å². The molecule has 5 nitrogen and oxygen atoms in total. The van der Waals surface area contributed by atoms with Gasteiger partial charge in [-0.05, 0) is 36.7 Å². The lowest BCUT2D eigenvalue weighted by atomic mass is 10.2. The van der Waals surface area contributed by atoms with Crippen molar-refractivity contribution in [2.75, 3.05) is 26.4 Å². The predicted molar refractivity (Wildman–Crippen MR) is 83.5 cm³/mol. The number of pyridine rings is 1. The van der Waals surface area contributed by atoms with Crippen molar-refractivity contribution >= 4 is 0 Å². The van der Waals surface area contributed by atoms with E-state index in [2.05, 4.69) is 16.4 Å². The average molecular weight is 300 g/mol. The Hall–Kier alpha value is -2.27. The van der Waals surface area contributed by atoms with E-state index in [0.717, 1.165) is 31.0 Å².